The summed E-state index contributed by atoms with van der Waals surface area (Å²) in [5.41, 5.74) is 0. The van der Waals surface area contributed by atoms with Crippen LogP contribution in [0.15, 0.2) is 0 Å². The Labute approximate surface area is 90.6 Å². The monoisotopic (exact) mass is 214 g/mol. The first kappa shape index (κ1) is 10.5. The molecular formula is C11H18O2S. The summed E-state index contributed by atoms with van der Waals surface area (Å²) in [7, 11) is 1.71. The van der Waals surface area contributed by atoms with Gasteiger partial charge in [-0.2, -0.15) is 0 Å². The number of aliphatic hydroxyl groups excluding tert-OH is 1. The summed E-state index contributed by atoms with van der Waals surface area (Å²) in [6.45, 7) is 0. The molecule has 0 aromatic carbocycles. The predicted octanol–water partition coefficient (Wildman–Crippen LogP) is 1.80. The van der Waals surface area contributed by atoms with Gasteiger partial charge in [-0.25, -0.2) is 0 Å². The average molecular weight is 214 g/mol. The summed E-state index contributed by atoms with van der Waals surface area (Å²) >= 11 is 4.84. The van der Waals surface area contributed by atoms with Gasteiger partial charge < -0.3 is 9.84 Å². The van der Waals surface area contributed by atoms with Gasteiger partial charge in [0.1, 0.15) is 0 Å². The molecule has 0 aromatic heterocycles. The van der Waals surface area contributed by atoms with E-state index in [9.17, 15) is 5.11 Å². The van der Waals surface area contributed by atoms with E-state index in [1.807, 2.05) is 5.37 Å². The minimum Gasteiger partial charge on any atom is -0.390 e. The molecule has 0 amide bonds. The van der Waals surface area contributed by atoms with Crippen molar-refractivity contribution in [1.82, 2.24) is 0 Å². The second kappa shape index (κ2) is 4.25. The highest BCUT2D eigenvalue weighted by Crippen LogP contribution is 2.50. The van der Waals surface area contributed by atoms with Gasteiger partial charge in [0.05, 0.1) is 12.2 Å². The summed E-state index contributed by atoms with van der Waals surface area (Å²) in [5, 5.41) is 11.8. The molecule has 2 fully saturated rings. The summed E-state index contributed by atoms with van der Waals surface area (Å²) in [6.07, 6.45) is 4.41. The Morgan fingerprint density at radius 2 is 2.29 bits per heavy atom. The maximum absolute atomic E-state index is 9.99. The quantitative estimate of drug-likeness (QED) is 0.724. The first-order valence-corrected chi connectivity index (χ1v) is 5.89. The van der Waals surface area contributed by atoms with Crippen LogP contribution in [0.3, 0.4) is 0 Å². The Morgan fingerprint density at radius 1 is 1.50 bits per heavy atom. The van der Waals surface area contributed by atoms with Crippen molar-refractivity contribution in [2.45, 2.75) is 37.9 Å². The maximum atomic E-state index is 9.99. The predicted molar refractivity (Wildman–Crippen MR) is 59.4 cm³/mol. The van der Waals surface area contributed by atoms with Gasteiger partial charge in [-0.1, -0.05) is 12.2 Å². The zero-order valence-corrected chi connectivity index (χ0v) is 9.37. The molecule has 0 aliphatic heterocycles. The molecule has 2 bridgehead atoms. The molecule has 0 saturated heterocycles. The van der Waals surface area contributed by atoms with Crippen LogP contribution in [-0.4, -0.2) is 29.8 Å². The van der Waals surface area contributed by atoms with Gasteiger partial charge in [0.2, 0.25) is 0 Å². The van der Waals surface area contributed by atoms with Crippen molar-refractivity contribution in [3.63, 3.8) is 0 Å². The molecule has 2 aliphatic carbocycles. The zero-order valence-electron chi connectivity index (χ0n) is 8.56. The number of rotatable bonds is 4. The third-order valence-corrected chi connectivity index (χ3v) is 4.19. The lowest BCUT2D eigenvalue weighted by Gasteiger charge is -2.31. The van der Waals surface area contributed by atoms with Crippen LogP contribution in [0.2, 0.25) is 0 Å². The first-order chi connectivity index (χ1) is 6.77. The van der Waals surface area contributed by atoms with Crippen molar-refractivity contribution < 1.29 is 9.84 Å². The van der Waals surface area contributed by atoms with Gasteiger partial charge in [-0.05, 0) is 48.8 Å². The van der Waals surface area contributed by atoms with Crippen LogP contribution >= 0.6 is 12.2 Å². The number of ether oxygens (including phenoxy) is 1. The molecule has 5 atom stereocenters. The van der Waals surface area contributed by atoms with Gasteiger partial charge >= 0.3 is 0 Å². The van der Waals surface area contributed by atoms with Crippen LogP contribution in [0.25, 0.3) is 0 Å². The minimum absolute atomic E-state index is 0.101. The fraction of sp³-hybridized carbons (Fsp3) is 0.909. The van der Waals surface area contributed by atoms with Crippen LogP contribution in [0, 0.1) is 17.8 Å². The largest absolute Gasteiger partial charge is 0.390 e. The van der Waals surface area contributed by atoms with Crippen molar-refractivity contribution in [2.24, 2.45) is 17.8 Å². The SMILES string of the molecule is COC1C2CC(CCC=S)C(C2)C1O. The highest BCUT2D eigenvalue weighted by atomic mass is 32.1. The lowest BCUT2D eigenvalue weighted by molar-refractivity contribution is -0.0577. The van der Waals surface area contributed by atoms with Gasteiger partial charge in [-0.15, -0.1) is 0 Å². The Balaban J connectivity index is 1.94. The molecule has 0 aromatic rings. The number of aliphatic hydroxyl groups is 1. The fourth-order valence-electron chi connectivity index (χ4n) is 3.36. The van der Waals surface area contributed by atoms with E-state index < -0.39 is 0 Å². The summed E-state index contributed by atoms with van der Waals surface area (Å²) in [5.74, 6) is 1.75. The van der Waals surface area contributed by atoms with Crippen LogP contribution < -0.4 is 0 Å². The second-order valence-corrected chi connectivity index (χ2v) is 4.92. The van der Waals surface area contributed by atoms with E-state index in [1.54, 1.807) is 7.11 Å². The van der Waals surface area contributed by atoms with Crippen molar-refractivity contribution in [3.8, 4) is 0 Å². The molecule has 14 heavy (non-hydrogen) atoms. The standard InChI is InChI=1S/C11H18O2S/c1-13-11-8-5-7(3-2-4-14)9(6-8)10(11)12/h4,7-12H,2-3,5-6H2,1H3. The second-order valence-electron chi connectivity index (χ2n) is 4.59. The fourth-order valence-corrected chi connectivity index (χ4v) is 3.49. The molecule has 5 unspecified atom stereocenters. The summed E-state index contributed by atoms with van der Waals surface area (Å²) < 4.78 is 5.33. The van der Waals surface area contributed by atoms with Crippen LogP contribution in [0.5, 0.6) is 0 Å². The number of methoxy groups -OCH3 is 1. The number of fused-ring (bicyclic) bond motifs is 2. The Kier molecular flexibility index (Phi) is 3.20. The van der Waals surface area contributed by atoms with Crippen molar-refractivity contribution >= 4 is 17.6 Å². The van der Waals surface area contributed by atoms with Crippen molar-refractivity contribution in [1.29, 1.82) is 0 Å². The van der Waals surface area contributed by atoms with Crippen LogP contribution in [0.1, 0.15) is 25.7 Å². The highest BCUT2D eigenvalue weighted by Gasteiger charge is 2.51. The van der Waals surface area contributed by atoms with E-state index in [2.05, 4.69) is 0 Å². The lowest BCUT2D eigenvalue weighted by Crippen LogP contribution is -2.37. The zero-order chi connectivity index (χ0) is 10.1. The smallest absolute Gasteiger partial charge is 0.0861 e. The third-order valence-electron chi connectivity index (χ3n) is 3.95. The lowest BCUT2D eigenvalue weighted by atomic mass is 9.82. The van der Waals surface area contributed by atoms with E-state index in [0.717, 1.165) is 19.3 Å². The molecule has 0 radical (unpaired) electrons. The first-order valence-electron chi connectivity index (χ1n) is 5.42. The minimum atomic E-state index is -0.228. The van der Waals surface area contributed by atoms with E-state index >= 15 is 0 Å². The maximum Gasteiger partial charge on any atom is 0.0861 e. The number of hydrogen-bond acceptors (Lipinski definition) is 3. The molecule has 3 heteroatoms. The summed E-state index contributed by atoms with van der Waals surface area (Å²) in [6, 6.07) is 0. The van der Waals surface area contributed by atoms with Crippen LogP contribution in [0.4, 0.5) is 0 Å². The Morgan fingerprint density at radius 3 is 2.86 bits per heavy atom. The topological polar surface area (TPSA) is 29.5 Å². The molecule has 2 rings (SSSR count). The molecule has 80 valence electrons. The van der Waals surface area contributed by atoms with Gasteiger partial charge in [0.15, 0.2) is 0 Å². The van der Waals surface area contributed by atoms with Crippen molar-refractivity contribution in [3.05, 3.63) is 0 Å². The molecule has 1 N–H and O–H groups in total. The Bertz CT molecular complexity index is 217. The van der Waals surface area contributed by atoms with Crippen LogP contribution in [-0.2, 0) is 4.74 Å². The van der Waals surface area contributed by atoms with Gasteiger partial charge in [0.25, 0.3) is 0 Å². The normalized spacial score (nSPS) is 45.7. The molecule has 2 saturated carbocycles. The molecule has 0 spiro atoms. The number of hydrogen-bond donors (Lipinski definition) is 1. The third kappa shape index (κ3) is 1.62. The van der Waals surface area contributed by atoms with Crippen molar-refractivity contribution in [2.75, 3.05) is 7.11 Å². The molecular weight excluding hydrogens is 196 g/mol. The Hall–Kier alpha value is 0.01000. The number of thiocarbonyl (C=S) groups is 1. The molecule has 2 aliphatic rings. The molecule has 2 nitrogen and oxygen atoms in total. The van der Waals surface area contributed by atoms with E-state index in [4.69, 9.17) is 17.0 Å². The highest BCUT2D eigenvalue weighted by molar-refractivity contribution is 7.78. The van der Waals surface area contributed by atoms with E-state index in [1.165, 1.54) is 6.42 Å². The summed E-state index contributed by atoms with van der Waals surface area (Å²) in [4.78, 5) is 0. The van der Waals surface area contributed by atoms with E-state index in [-0.39, 0.29) is 12.2 Å². The molecule has 0 heterocycles. The van der Waals surface area contributed by atoms with Gasteiger partial charge in [0, 0.05) is 7.11 Å². The average Bonchev–Trinajstić information content (AvgIpc) is 2.71. The van der Waals surface area contributed by atoms with Gasteiger partial charge in [-0.3, -0.25) is 0 Å². The van der Waals surface area contributed by atoms with E-state index in [0.29, 0.717) is 17.8 Å².